The lowest BCUT2D eigenvalue weighted by Crippen LogP contribution is -2.40. The van der Waals surface area contributed by atoms with Crippen molar-refractivity contribution in [2.24, 2.45) is 5.92 Å². The maximum absolute atomic E-state index is 12.6. The number of hydrogen-bond donors (Lipinski definition) is 1. The third-order valence-corrected chi connectivity index (χ3v) is 4.47. The highest BCUT2D eigenvalue weighted by Crippen LogP contribution is 2.43. The number of fused-ring (bicyclic) bond motifs is 1. The Morgan fingerprint density at radius 1 is 1.26 bits per heavy atom. The van der Waals surface area contributed by atoms with E-state index in [1.54, 1.807) is 6.92 Å². The third-order valence-electron chi connectivity index (χ3n) is 4.47. The monoisotopic (exact) mass is 311 g/mol. The van der Waals surface area contributed by atoms with Gasteiger partial charge >= 0.3 is 5.97 Å². The lowest BCUT2D eigenvalue weighted by Gasteiger charge is -2.37. The molecule has 0 bridgehead atoms. The average molecular weight is 311 g/mol. The zero-order valence-corrected chi connectivity index (χ0v) is 13.5. The van der Waals surface area contributed by atoms with Crippen molar-refractivity contribution in [3.63, 3.8) is 0 Å². The summed E-state index contributed by atoms with van der Waals surface area (Å²) in [5, 5.41) is 3.26. The molecule has 120 valence electrons. The molecule has 0 saturated carbocycles. The molecule has 0 saturated heterocycles. The zero-order valence-electron chi connectivity index (χ0n) is 13.5. The Labute approximate surface area is 136 Å². The van der Waals surface area contributed by atoms with Gasteiger partial charge in [0.25, 0.3) is 0 Å². The molecule has 1 heterocycles. The first-order chi connectivity index (χ1) is 11.1. The Bertz CT molecular complexity index is 688. The number of ether oxygens (including phenoxy) is 1. The minimum Gasteiger partial charge on any atom is -0.463 e. The van der Waals surface area contributed by atoms with Crippen LogP contribution in [-0.2, 0) is 14.3 Å². The molecule has 3 rings (SSSR count). The number of carbonyl (C=O) groups is 2. The van der Waals surface area contributed by atoms with Crippen molar-refractivity contribution >= 4 is 11.8 Å². The van der Waals surface area contributed by atoms with Crippen LogP contribution in [0.2, 0.25) is 0 Å². The third kappa shape index (κ3) is 2.81. The number of esters is 1. The van der Waals surface area contributed by atoms with E-state index in [2.05, 4.69) is 11.4 Å². The Hall–Kier alpha value is -2.36. The molecule has 0 radical (unpaired) electrons. The number of hydrogen-bond acceptors (Lipinski definition) is 4. The SMILES string of the molecule is CCOC(=O)C1=C(C)NC2=CCCC(=O)C2C1c1ccccc1. The summed E-state index contributed by atoms with van der Waals surface area (Å²) in [6.45, 7) is 3.98. The molecule has 1 aliphatic carbocycles. The summed E-state index contributed by atoms with van der Waals surface area (Å²) in [6.07, 6.45) is 3.35. The maximum Gasteiger partial charge on any atom is 0.336 e. The summed E-state index contributed by atoms with van der Waals surface area (Å²) < 4.78 is 5.25. The van der Waals surface area contributed by atoms with Crippen LogP contribution in [-0.4, -0.2) is 18.4 Å². The number of ketones is 1. The van der Waals surface area contributed by atoms with Crippen molar-refractivity contribution in [2.45, 2.75) is 32.6 Å². The van der Waals surface area contributed by atoms with Gasteiger partial charge in [-0.05, 0) is 25.8 Å². The van der Waals surface area contributed by atoms with Gasteiger partial charge in [-0.15, -0.1) is 0 Å². The number of benzene rings is 1. The van der Waals surface area contributed by atoms with Crippen LogP contribution in [0.3, 0.4) is 0 Å². The summed E-state index contributed by atoms with van der Waals surface area (Å²) in [4.78, 5) is 25.1. The van der Waals surface area contributed by atoms with Gasteiger partial charge in [-0.3, -0.25) is 4.79 Å². The highest BCUT2D eigenvalue weighted by atomic mass is 16.5. The average Bonchev–Trinajstić information content (AvgIpc) is 2.54. The molecule has 1 aromatic carbocycles. The molecule has 0 aromatic heterocycles. The van der Waals surface area contributed by atoms with Crippen LogP contribution in [0.4, 0.5) is 0 Å². The first kappa shape index (κ1) is 15.5. The summed E-state index contributed by atoms with van der Waals surface area (Å²) in [5.41, 5.74) is 3.23. The highest BCUT2D eigenvalue weighted by Gasteiger charge is 2.43. The van der Waals surface area contributed by atoms with Gasteiger partial charge in [0.1, 0.15) is 5.78 Å². The van der Waals surface area contributed by atoms with Crippen LogP contribution in [0.5, 0.6) is 0 Å². The largest absolute Gasteiger partial charge is 0.463 e. The molecule has 2 aliphatic rings. The Morgan fingerprint density at radius 2 is 2.00 bits per heavy atom. The van der Waals surface area contributed by atoms with E-state index in [0.717, 1.165) is 23.4 Å². The highest BCUT2D eigenvalue weighted by molar-refractivity contribution is 5.96. The molecule has 23 heavy (non-hydrogen) atoms. The van der Waals surface area contributed by atoms with Crippen molar-refractivity contribution in [1.82, 2.24) is 5.32 Å². The minimum atomic E-state index is -0.344. The smallest absolute Gasteiger partial charge is 0.336 e. The van der Waals surface area contributed by atoms with E-state index < -0.39 is 0 Å². The van der Waals surface area contributed by atoms with Gasteiger partial charge < -0.3 is 10.1 Å². The van der Waals surface area contributed by atoms with Crippen molar-refractivity contribution in [3.8, 4) is 0 Å². The van der Waals surface area contributed by atoms with Gasteiger partial charge in [0.15, 0.2) is 0 Å². The normalized spacial score (nSPS) is 23.7. The van der Waals surface area contributed by atoms with Crippen LogP contribution in [0.1, 0.15) is 38.2 Å². The fourth-order valence-corrected chi connectivity index (χ4v) is 3.51. The molecule has 1 aromatic rings. The van der Waals surface area contributed by atoms with E-state index in [1.165, 1.54) is 0 Å². The molecule has 2 unspecified atom stereocenters. The summed E-state index contributed by atoms with van der Waals surface area (Å²) in [7, 11) is 0. The predicted molar refractivity (Wildman–Crippen MR) is 87.5 cm³/mol. The van der Waals surface area contributed by atoms with E-state index in [-0.39, 0.29) is 23.6 Å². The first-order valence-corrected chi connectivity index (χ1v) is 8.06. The summed E-state index contributed by atoms with van der Waals surface area (Å²) in [5.74, 6) is -0.772. The van der Waals surface area contributed by atoms with Crippen molar-refractivity contribution < 1.29 is 14.3 Å². The topological polar surface area (TPSA) is 55.4 Å². The molecule has 1 aliphatic heterocycles. The van der Waals surface area contributed by atoms with E-state index in [9.17, 15) is 9.59 Å². The number of Topliss-reactive ketones (excluding diaryl/α,β-unsaturated/α-hetero) is 1. The van der Waals surface area contributed by atoms with E-state index in [0.29, 0.717) is 18.6 Å². The second kappa shape index (κ2) is 6.41. The van der Waals surface area contributed by atoms with Crippen LogP contribution in [0, 0.1) is 5.92 Å². The quantitative estimate of drug-likeness (QED) is 0.872. The van der Waals surface area contributed by atoms with Crippen molar-refractivity contribution in [2.75, 3.05) is 6.61 Å². The van der Waals surface area contributed by atoms with Gasteiger partial charge in [-0.1, -0.05) is 36.4 Å². The summed E-state index contributed by atoms with van der Waals surface area (Å²) >= 11 is 0. The minimum absolute atomic E-state index is 0.179. The Morgan fingerprint density at radius 3 is 2.70 bits per heavy atom. The lowest BCUT2D eigenvalue weighted by molar-refractivity contribution is -0.139. The lowest BCUT2D eigenvalue weighted by atomic mass is 9.71. The van der Waals surface area contributed by atoms with Gasteiger partial charge in [0.05, 0.1) is 18.1 Å². The molecule has 0 spiro atoms. The predicted octanol–water partition coefficient (Wildman–Crippen LogP) is 3.07. The van der Waals surface area contributed by atoms with Crippen molar-refractivity contribution in [3.05, 3.63) is 58.9 Å². The van der Waals surface area contributed by atoms with E-state index >= 15 is 0 Å². The molecular formula is C19H21NO3. The van der Waals surface area contributed by atoms with Crippen molar-refractivity contribution in [1.29, 1.82) is 0 Å². The van der Waals surface area contributed by atoms with Crippen LogP contribution in [0.25, 0.3) is 0 Å². The zero-order chi connectivity index (χ0) is 16.4. The molecule has 4 heteroatoms. The van der Waals surface area contributed by atoms with E-state index in [4.69, 9.17) is 4.74 Å². The van der Waals surface area contributed by atoms with Crippen LogP contribution in [0.15, 0.2) is 53.4 Å². The number of carbonyl (C=O) groups excluding carboxylic acids is 2. The van der Waals surface area contributed by atoms with Gasteiger partial charge in [-0.25, -0.2) is 4.79 Å². The Kier molecular flexibility index (Phi) is 4.33. The molecule has 0 amide bonds. The molecule has 4 nitrogen and oxygen atoms in total. The molecule has 2 atom stereocenters. The molecule has 1 N–H and O–H groups in total. The number of nitrogens with one attached hydrogen (secondary N) is 1. The van der Waals surface area contributed by atoms with Gasteiger partial charge in [0.2, 0.25) is 0 Å². The fourth-order valence-electron chi connectivity index (χ4n) is 3.51. The van der Waals surface area contributed by atoms with E-state index in [1.807, 2.05) is 37.3 Å². The second-order valence-electron chi connectivity index (χ2n) is 5.91. The summed E-state index contributed by atoms with van der Waals surface area (Å²) in [6, 6.07) is 9.76. The number of allylic oxidation sites excluding steroid dienone is 3. The fraction of sp³-hybridized carbons (Fsp3) is 0.368. The van der Waals surface area contributed by atoms with Crippen LogP contribution >= 0.6 is 0 Å². The second-order valence-corrected chi connectivity index (χ2v) is 5.91. The van der Waals surface area contributed by atoms with Gasteiger partial charge in [-0.2, -0.15) is 0 Å². The molecule has 0 fully saturated rings. The standard InChI is InChI=1S/C19H21NO3/c1-3-23-19(22)16-12(2)20-14-10-7-11-15(21)18(14)17(16)13-8-5-4-6-9-13/h4-6,8-10,17-18,20H,3,7,11H2,1-2H3. The number of rotatable bonds is 3. The maximum atomic E-state index is 12.6. The van der Waals surface area contributed by atoms with Gasteiger partial charge in [0, 0.05) is 23.7 Å². The Balaban J connectivity index is 2.14. The van der Waals surface area contributed by atoms with Crippen LogP contribution < -0.4 is 5.32 Å². The first-order valence-electron chi connectivity index (χ1n) is 8.06. The molecular weight excluding hydrogens is 290 g/mol.